The lowest BCUT2D eigenvalue weighted by atomic mass is 10.0. The summed E-state index contributed by atoms with van der Waals surface area (Å²) in [6, 6.07) is 16.4. The molecule has 7 nitrogen and oxygen atoms in total. The molecular formula is C19H16N2O5S. The summed E-state index contributed by atoms with van der Waals surface area (Å²) in [5.74, 6) is 0.612. The average Bonchev–Trinajstić information content (AvgIpc) is 2.61. The quantitative estimate of drug-likeness (QED) is 0.350. The molecule has 0 fully saturated rings. The first-order valence-electron chi connectivity index (χ1n) is 7.78. The molecule has 27 heavy (non-hydrogen) atoms. The van der Waals surface area contributed by atoms with Crippen molar-refractivity contribution in [3.63, 3.8) is 0 Å². The van der Waals surface area contributed by atoms with Gasteiger partial charge in [0.1, 0.15) is 11.5 Å². The standard InChI is InChI=1S/C19H16N2O5S/c20-14-9-13(10-15(21)11-14)19(22)12-1-3-16(4-2-12)26-17-5-7-18(8-6-17)27(23,24)25/h1-11H,20-21H2,(H,23,24,25). The SMILES string of the molecule is Nc1cc(N)cc(C(=O)c2ccc(Oc3ccc(S(=O)(=O)O)cc3)cc2)c1. The second kappa shape index (κ2) is 7.10. The van der Waals surface area contributed by atoms with E-state index in [9.17, 15) is 13.2 Å². The van der Waals surface area contributed by atoms with Crippen molar-refractivity contribution in [2.45, 2.75) is 4.90 Å². The number of ketones is 1. The molecule has 0 aliphatic rings. The number of ether oxygens (including phenoxy) is 1. The zero-order valence-electron chi connectivity index (χ0n) is 14.0. The summed E-state index contributed by atoms with van der Waals surface area (Å²) in [5, 5.41) is 0. The van der Waals surface area contributed by atoms with Crippen molar-refractivity contribution in [3.8, 4) is 11.5 Å². The van der Waals surface area contributed by atoms with E-state index in [1.807, 2.05) is 0 Å². The van der Waals surface area contributed by atoms with E-state index in [4.69, 9.17) is 20.8 Å². The molecule has 0 spiro atoms. The van der Waals surface area contributed by atoms with E-state index in [-0.39, 0.29) is 10.7 Å². The van der Waals surface area contributed by atoms with Gasteiger partial charge in [0, 0.05) is 22.5 Å². The first kappa shape index (κ1) is 18.4. The predicted molar refractivity (Wildman–Crippen MR) is 101 cm³/mol. The van der Waals surface area contributed by atoms with Crippen LogP contribution in [0.25, 0.3) is 0 Å². The Morgan fingerprint density at radius 3 is 1.74 bits per heavy atom. The summed E-state index contributed by atoms with van der Waals surface area (Å²) in [5.41, 5.74) is 13.1. The summed E-state index contributed by atoms with van der Waals surface area (Å²) in [6.45, 7) is 0. The van der Waals surface area contributed by atoms with Crippen LogP contribution in [0.15, 0.2) is 71.6 Å². The van der Waals surface area contributed by atoms with E-state index < -0.39 is 10.1 Å². The molecule has 3 rings (SSSR count). The maximum Gasteiger partial charge on any atom is 0.294 e. The Labute approximate surface area is 155 Å². The molecule has 0 amide bonds. The number of carbonyl (C=O) groups is 1. The Kier molecular flexibility index (Phi) is 4.85. The van der Waals surface area contributed by atoms with E-state index >= 15 is 0 Å². The van der Waals surface area contributed by atoms with Gasteiger partial charge in [-0.05, 0) is 66.7 Å². The Hall–Kier alpha value is -3.36. The lowest BCUT2D eigenvalue weighted by Crippen LogP contribution is -2.03. The van der Waals surface area contributed by atoms with Gasteiger partial charge in [0.2, 0.25) is 0 Å². The highest BCUT2D eigenvalue weighted by Gasteiger charge is 2.12. The molecule has 3 aromatic rings. The predicted octanol–water partition coefficient (Wildman–Crippen LogP) is 3.12. The van der Waals surface area contributed by atoms with Crippen LogP contribution in [0.2, 0.25) is 0 Å². The van der Waals surface area contributed by atoms with Gasteiger partial charge in [0.25, 0.3) is 10.1 Å². The number of nitrogen functional groups attached to an aromatic ring is 2. The third kappa shape index (κ3) is 4.43. The maximum absolute atomic E-state index is 12.5. The van der Waals surface area contributed by atoms with Crippen LogP contribution < -0.4 is 16.2 Å². The Balaban J connectivity index is 1.76. The van der Waals surface area contributed by atoms with Crippen LogP contribution in [0.1, 0.15) is 15.9 Å². The van der Waals surface area contributed by atoms with Gasteiger partial charge >= 0.3 is 0 Å². The molecule has 0 aromatic heterocycles. The molecule has 0 saturated carbocycles. The molecule has 5 N–H and O–H groups in total. The number of nitrogens with two attached hydrogens (primary N) is 2. The molecule has 0 radical (unpaired) electrons. The molecule has 0 aliphatic heterocycles. The van der Waals surface area contributed by atoms with Crippen LogP contribution in [0.5, 0.6) is 11.5 Å². The van der Waals surface area contributed by atoms with Crippen LogP contribution >= 0.6 is 0 Å². The summed E-state index contributed by atoms with van der Waals surface area (Å²) >= 11 is 0. The fraction of sp³-hybridized carbons (Fsp3) is 0. The van der Waals surface area contributed by atoms with Gasteiger partial charge < -0.3 is 16.2 Å². The Bertz CT molecular complexity index is 1070. The lowest BCUT2D eigenvalue weighted by Gasteiger charge is -2.08. The van der Waals surface area contributed by atoms with Gasteiger partial charge in [0.15, 0.2) is 5.78 Å². The number of rotatable bonds is 5. The Morgan fingerprint density at radius 1 is 0.778 bits per heavy atom. The van der Waals surface area contributed by atoms with Gasteiger partial charge in [-0.3, -0.25) is 9.35 Å². The van der Waals surface area contributed by atoms with Crippen molar-refractivity contribution in [1.29, 1.82) is 0 Å². The third-order valence-corrected chi connectivity index (χ3v) is 4.58. The smallest absolute Gasteiger partial charge is 0.294 e. The largest absolute Gasteiger partial charge is 0.457 e. The van der Waals surface area contributed by atoms with E-state index in [1.54, 1.807) is 42.5 Å². The van der Waals surface area contributed by atoms with Crippen molar-refractivity contribution in [2.75, 3.05) is 11.5 Å². The fourth-order valence-corrected chi connectivity index (χ4v) is 2.94. The molecular weight excluding hydrogens is 368 g/mol. The normalized spacial score (nSPS) is 11.1. The summed E-state index contributed by atoms with van der Waals surface area (Å²) in [6.07, 6.45) is 0. The van der Waals surface area contributed by atoms with Crippen LogP contribution in [0, 0.1) is 0 Å². The van der Waals surface area contributed by atoms with Gasteiger partial charge in [-0.1, -0.05) is 0 Å². The third-order valence-electron chi connectivity index (χ3n) is 3.71. The minimum Gasteiger partial charge on any atom is -0.457 e. The van der Waals surface area contributed by atoms with Crippen molar-refractivity contribution in [3.05, 3.63) is 77.9 Å². The second-order valence-electron chi connectivity index (χ2n) is 5.79. The molecule has 0 bridgehead atoms. The monoisotopic (exact) mass is 384 g/mol. The molecule has 0 atom stereocenters. The molecule has 0 aliphatic carbocycles. The molecule has 0 saturated heterocycles. The topological polar surface area (TPSA) is 133 Å². The maximum atomic E-state index is 12.5. The molecule has 138 valence electrons. The van der Waals surface area contributed by atoms with Crippen molar-refractivity contribution < 1.29 is 22.5 Å². The first-order valence-corrected chi connectivity index (χ1v) is 9.22. The van der Waals surface area contributed by atoms with Crippen LogP contribution in [0.4, 0.5) is 11.4 Å². The molecule has 3 aromatic carbocycles. The zero-order valence-corrected chi connectivity index (χ0v) is 14.8. The molecule has 0 heterocycles. The van der Waals surface area contributed by atoms with E-state index in [0.29, 0.717) is 34.0 Å². The summed E-state index contributed by atoms with van der Waals surface area (Å²) < 4.78 is 36.6. The van der Waals surface area contributed by atoms with E-state index in [2.05, 4.69) is 0 Å². The van der Waals surface area contributed by atoms with Crippen LogP contribution in [-0.2, 0) is 10.1 Å². The highest BCUT2D eigenvalue weighted by atomic mass is 32.2. The molecule has 0 unspecified atom stereocenters. The number of hydrogen-bond donors (Lipinski definition) is 3. The molecule has 8 heteroatoms. The first-order chi connectivity index (χ1) is 12.7. The lowest BCUT2D eigenvalue weighted by molar-refractivity contribution is 0.103. The number of carbonyl (C=O) groups excluding carboxylic acids is 1. The van der Waals surface area contributed by atoms with Gasteiger partial charge in [-0.15, -0.1) is 0 Å². The van der Waals surface area contributed by atoms with Crippen molar-refractivity contribution >= 4 is 27.3 Å². The number of hydrogen-bond acceptors (Lipinski definition) is 6. The average molecular weight is 384 g/mol. The van der Waals surface area contributed by atoms with E-state index in [1.165, 1.54) is 24.3 Å². The number of anilines is 2. The second-order valence-corrected chi connectivity index (χ2v) is 7.21. The van der Waals surface area contributed by atoms with Crippen LogP contribution in [0.3, 0.4) is 0 Å². The van der Waals surface area contributed by atoms with E-state index in [0.717, 1.165) is 0 Å². The Morgan fingerprint density at radius 2 is 1.26 bits per heavy atom. The highest BCUT2D eigenvalue weighted by molar-refractivity contribution is 7.85. The summed E-state index contributed by atoms with van der Waals surface area (Å²) in [4.78, 5) is 12.3. The number of benzene rings is 3. The van der Waals surface area contributed by atoms with Crippen LogP contribution in [-0.4, -0.2) is 18.8 Å². The highest BCUT2D eigenvalue weighted by Crippen LogP contribution is 2.24. The minimum atomic E-state index is -4.25. The van der Waals surface area contributed by atoms with Crippen molar-refractivity contribution in [2.24, 2.45) is 0 Å². The van der Waals surface area contributed by atoms with Crippen molar-refractivity contribution in [1.82, 2.24) is 0 Å². The van der Waals surface area contributed by atoms with Gasteiger partial charge in [-0.2, -0.15) is 8.42 Å². The fourth-order valence-electron chi connectivity index (χ4n) is 2.46. The zero-order chi connectivity index (χ0) is 19.6. The minimum absolute atomic E-state index is 0.224. The summed E-state index contributed by atoms with van der Waals surface area (Å²) in [7, 11) is -4.25. The van der Waals surface area contributed by atoms with Gasteiger partial charge in [-0.25, -0.2) is 0 Å². The van der Waals surface area contributed by atoms with Gasteiger partial charge in [0.05, 0.1) is 4.90 Å².